The fourth-order valence-electron chi connectivity index (χ4n) is 2.33. The van der Waals surface area contributed by atoms with Crippen molar-refractivity contribution in [3.05, 3.63) is 64.2 Å². The molecule has 0 aromatic heterocycles. The maximum atomic E-state index is 12.8. The number of benzene rings is 2. The number of carbonyl (C=O) groups is 1. The number of amides is 1. The van der Waals surface area contributed by atoms with Crippen molar-refractivity contribution in [2.75, 3.05) is 11.9 Å². The third-order valence-corrected chi connectivity index (χ3v) is 3.70. The van der Waals surface area contributed by atoms with Gasteiger partial charge in [0.1, 0.15) is 0 Å². The summed E-state index contributed by atoms with van der Waals surface area (Å²) in [6.45, 7) is 2.54. The zero-order valence-electron chi connectivity index (χ0n) is 13.6. The summed E-state index contributed by atoms with van der Waals surface area (Å²) < 4.78 is 38.3. The molecular weight excluding hydrogens is 353 g/mol. The first-order valence-electron chi connectivity index (χ1n) is 7.68. The third kappa shape index (κ3) is 6.40. The van der Waals surface area contributed by atoms with Crippen molar-refractivity contribution in [1.82, 2.24) is 5.32 Å². The molecule has 0 saturated heterocycles. The molecule has 134 valence electrons. The Kier molecular flexibility index (Phi) is 6.45. The summed E-state index contributed by atoms with van der Waals surface area (Å²) in [5.74, 6) is -0.134. The Bertz CT molecular complexity index is 730. The minimum absolute atomic E-state index is 0.0818. The van der Waals surface area contributed by atoms with Gasteiger partial charge in [0.05, 0.1) is 5.56 Å². The highest BCUT2D eigenvalue weighted by Crippen LogP contribution is 2.31. The highest BCUT2D eigenvalue weighted by Gasteiger charge is 2.30. The van der Waals surface area contributed by atoms with Crippen molar-refractivity contribution >= 4 is 23.2 Å². The molecule has 7 heteroatoms. The molecule has 0 unspecified atom stereocenters. The van der Waals surface area contributed by atoms with Crippen LogP contribution >= 0.6 is 11.6 Å². The first-order chi connectivity index (χ1) is 11.7. The quantitative estimate of drug-likeness (QED) is 0.727. The SMILES string of the molecule is CC(=O)Nc1ccc(CNCCc2cc(Cl)cc(C(F)(F)F)c2)cc1. The Balaban J connectivity index is 1.85. The number of carbonyl (C=O) groups excluding carboxylic acids is 1. The van der Waals surface area contributed by atoms with Crippen LogP contribution in [0, 0.1) is 0 Å². The van der Waals surface area contributed by atoms with Crippen molar-refractivity contribution < 1.29 is 18.0 Å². The predicted molar refractivity (Wildman–Crippen MR) is 92.6 cm³/mol. The van der Waals surface area contributed by atoms with Crippen LogP contribution < -0.4 is 10.6 Å². The Morgan fingerprint density at radius 2 is 1.76 bits per heavy atom. The predicted octanol–water partition coefficient (Wildman–Crippen LogP) is 4.65. The average molecular weight is 371 g/mol. The van der Waals surface area contributed by atoms with Gasteiger partial charge >= 0.3 is 6.18 Å². The van der Waals surface area contributed by atoms with Crippen LogP contribution in [0.25, 0.3) is 0 Å². The standard InChI is InChI=1S/C18H18ClF3N2O/c1-12(25)24-17-4-2-13(3-5-17)11-23-7-6-14-8-15(18(20,21)22)10-16(19)9-14/h2-5,8-10,23H,6-7,11H2,1H3,(H,24,25). The van der Waals surface area contributed by atoms with E-state index in [1.807, 2.05) is 12.1 Å². The largest absolute Gasteiger partial charge is 0.416 e. The van der Waals surface area contributed by atoms with Crippen LogP contribution in [0.1, 0.15) is 23.6 Å². The maximum absolute atomic E-state index is 12.8. The molecule has 0 saturated carbocycles. The van der Waals surface area contributed by atoms with Gasteiger partial charge in [0.25, 0.3) is 0 Å². The lowest BCUT2D eigenvalue weighted by atomic mass is 10.1. The second-order valence-corrected chi connectivity index (χ2v) is 6.09. The number of nitrogens with one attached hydrogen (secondary N) is 2. The summed E-state index contributed by atoms with van der Waals surface area (Å²) in [6.07, 6.45) is -3.96. The van der Waals surface area contributed by atoms with Gasteiger partial charge < -0.3 is 10.6 Å². The molecule has 0 aliphatic carbocycles. The molecule has 0 fully saturated rings. The van der Waals surface area contributed by atoms with Crippen molar-refractivity contribution in [2.45, 2.75) is 26.1 Å². The Labute approximate surface area is 149 Å². The van der Waals surface area contributed by atoms with Gasteiger partial charge in [0, 0.05) is 24.2 Å². The molecule has 2 aromatic carbocycles. The Morgan fingerprint density at radius 3 is 2.36 bits per heavy atom. The molecule has 0 aliphatic rings. The summed E-state index contributed by atoms with van der Waals surface area (Å²) in [6, 6.07) is 10.9. The second-order valence-electron chi connectivity index (χ2n) is 5.65. The van der Waals surface area contributed by atoms with Crippen LogP contribution in [0.15, 0.2) is 42.5 Å². The average Bonchev–Trinajstić information content (AvgIpc) is 2.51. The topological polar surface area (TPSA) is 41.1 Å². The molecule has 0 spiro atoms. The van der Waals surface area contributed by atoms with Crippen molar-refractivity contribution in [3.63, 3.8) is 0 Å². The highest BCUT2D eigenvalue weighted by molar-refractivity contribution is 6.30. The number of hydrogen-bond donors (Lipinski definition) is 2. The van der Waals surface area contributed by atoms with Gasteiger partial charge in [-0.3, -0.25) is 4.79 Å². The molecular formula is C18H18ClF3N2O. The normalized spacial score (nSPS) is 11.4. The number of alkyl halides is 3. The summed E-state index contributed by atoms with van der Waals surface area (Å²) in [5.41, 5.74) is 1.53. The van der Waals surface area contributed by atoms with Gasteiger partial charge in [0.2, 0.25) is 5.91 Å². The minimum atomic E-state index is -4.40. The van der Waals surface area contributed by atoms with Gasteiger partial charge in [0.15, 0.2) is 0 Å². The molecule has 0 heterocycles. The molecule has 0 bridgehead atoms. The summed E-state index contributed by atoms with van der Waals surface area (Å²) >= 11 is 5.77. The van der Waals surface area contributed by atoms with Crippen molar-refractivity contribution in [3.8, 4) is 0 Å². The lowest BCUT2D eigenvalue weighted by Crippen LogP contribution is -2.17. The van der Waals surface area contributed by atoms with Crippen LogP contribution in [0.4, 0.5) is 18.9 Å². The van der Waals surface area contributed by atoms with E-state index in [1.165, 1.54) is 6.92 Å². The fraction of sp³-hybridized carbons (Fsp3) is 0.278. The molecule has 2 aromatic rings. The highest BCUT2D eigenvalue weighted by atomic mass is 35.5. The number of halogens is 4. The first kappa shape index (κ1) is 19.3. The lowest BCUT2D eigenvalue weighted by Gasteiger charge is -2.11. The van der Waals surface area contributed by atoms with Crippen LogP contribution in [-0.4, -0.2) is 12.5 Å². The Hall–Kier alpha value is -2.05. The fourth-order valence-corrected chi connectivity index (χ4v) is 2.59. The smallest absolute Gasteiger partial charge is 0.326 e. The van der Waals surface area contributed by atoms with Gasteiger partial charge in [-0.25, -0.2) is 0 Å². The molecule has 3 nitrogen and oxygen atoms in total. The van der Waals surface area contributed by atoms with Crippen molar-refractivity contribution in [2.24, 2.45) is 0 Å². The summed E-state index contributed by atoms with van der Waals surface area (Å²) in [7, 11) is 0. The van der Waals surface area contributed by atoms with Gasteiger partial charge in [-0.1, -0.05) is 23.7 Å². The van der Waals surface area contributed by atoms with E-state index in [9.17, 15) is 18.0 Å². The lowest BCUT2D eigenvalue weighted by molar-refractivity contribution is -0.137. The van der Waals surface area contributed by atoms with E-state index in [1.54, 1.807) is 18.2 Å². The molecule has 25 heavy (non-hydrogen) atoms. The van der Waals surface area contributed by atoms with E-state index >= 15 is 0 Å². The molecule has 0 aliphatic heterocycles. The molecule has 2 rings (SSSR count). The van der Waals surface area contributed by atoms with E-state index in [-0.39, 0.29) is 10.9 Å². The summed E-state index contributed by atoms with van der Waals surface area (Å²) in [5, 5.41) is 5.94. The van der Waals surface area contributed by atoms with Gasteiger partial charge in [-0.05, 0) is 54.4 Å². The number of rotatable bonds is 6. The van der Waals surface area contributed by atoms with E-state index in [4.69, 9.17) is 11.6 Å². The van der Waals surface area contributed by atoms with Crippen LogP contribution in [0.5, 0.6) is 0 Å². The monoisotopic (exact) mass is 370 g/mol. The number of anilines is 1. The van der Waals surface area contributed by atoms with E-state index in [0.29, 0.717) is 25.1 Å². The zero-order valence-corrected chi connectivity index (χ0v) is 14.3. The van der Waals surface area contributed by atoms with E-state index < -0.39 is 11.7 Å². The first-order valence-corrected chi connectivity index (χ1v) is 8.06. The molecule has 0 radical (unpaired) electrons. The van der Waals surface area contributed by atoms with Crippen molar-refractivity contribution in [1.29, 1.82) is 0 Å². The third-order valence-electron chi connectivity index (χ3n) is 3.48. The molecule has 1 amide bonds. The van der Waals surface area contributed by atoms with Gasteiger partial charge in [-0.15, -0.1) is 0 Å². The maximum Gasteiger partial charge on any atom is 0.416 e. The second kappa shape index (κ2) is 8.36. The summed E-state index contributed by atoms with van der Waals surface area (Å²) in [4.78, 5) is 11.0. The number of hydrogen-bond acceptors (Lipinski definition) is 2. The molecule has 0 atom stereocenters. The molecule has 2 N–H and O–H groups in total. The van der Waals surface area contributed by atoms with Crippen LogP contribution in [0.2, 0.25) is 5.02 Å². The minimum Gasteiger partial charge on any atom is -0.326 e. The van der Waals surface area contributed by atoms with Gasteiger partial charge in [-0.2, -0.15) is 13.2 Å². The Morgan fingerprint density at radius 1 is 1.08 bits per heavy atom. The van der Waals surface area contributed by atoms with Crippen LogP contribution in [-0.2, 0) is 23.9 Å². The zero-order chi connectivity index (χ0) is 18.4. The van der Waals surface area contributed by atoms with E-state index in [0.717, 1.165) is 23.4 Å². The van der Waals surface area contributed by atoms with Crippen LogP contribution in [0.3, 0.4) is 0 Å². The van der Waals surface area contributed by atoms with E-state index in [2.05, 4.69) is 10.6 Å².